The molecule has 0 unspecified atom stereocenters. The van der Waals surface area contributed by atoms with E-state index in [1.807, 2.05) is 36.4 Å². The minimum atomic E-state index is 0.132. The fraction of sp³-hybridized carbons (Fsp3) is 0.0455. The van der Waals surface area contributed by atoms with Crippen molar-refractivity contribution in [3.8, 4) is 17.3 Å². The predicted octanol–water partition coefficient (Wildman–Crippen LogP) is 3.52. The van der Waals surface area contributed by atoms with Gasteiger partial charge in [0.05, 0.1) is 22.8 Å². The van der Waals surface area contributed by atoms with Crippen LogP contribution in [0.2, 0.25) is 0 Å². The van der Waals surface area contributed by atoms with E-state index in [0.29, 0.717) is 17.7 Å². The van der Waals surface area contributed by atoms with Crippen molar-refractivity contribution in [2.45, 2.75) is 6.42 Å². The summed E-state index contributed by atoms with van der Waals surface area (Å²) in [5.41, 5.74) is 3.92. The van der Waals surface area contributed by atoms with E-state index in [9.17, 15) is 0 Å². The Bertz CT molecular complexity index is 1300. The number of fused-ring (bicyclic) bond motifs is 1. The van der Waals surface area contributed by atoms with Gasteiger partial charge in [-0.1, -0.05) is 24.3 Å². The third-order valence-corrected chi connectivity index (χ3v) is 4.42. The molecule has 0 saturated carbocycles. The largest absolute Gasteiger partial charge is 0.286 e. The van der Waals surface area contributed by atoms with E-state index in [4.69, 9.17) is 16.1 Å². The molecular weight excluding hydrogens is 348 g/mol. The maximum atomic E-state index is 9.09. The molecule has 0 amide bonds. The summed E-state index contributed by atoms with van der Waals surface area (Å²) < 4.78 is 1.32. The number of nitrogens with one attached hydrogen (secondary N) is 2. The molecule has 0 atom stereocenters. The van der Waals surface area contributed by atoms with Crippen LogP contribution in [0.1, 0.15) is 11.1 Å². The summed E-state index contributed by atoms with van der Waals surface area (Å²) in [7, 11) is 0. The van der Waals surface area contributed by atoms with E-state index in [1.54, 1.807) is 36.5 Å². The van der Waals surface area contributed by atoms with Crippen LogP contribution in [-0.2, 0) is 6.42 Å². The molecule has 2 aromatic heterocycles. The summed E-state index contributed by atoms with van der Waals surface area (Å²) in [6.45, 7) is 0. The second-order valence-corrected chi connectivity index (χ2v) is 6.36. The number of nitriles is 1. The maximum absolute atomic E-state index is 9.09. The van der Waals surface area contributed by atoms with Gasteiger partial charge in [0.1, 0.15) is 11.3 Å². The highest BCUT2D eigenvalue weighted by Gasteiger charge is 2.08. The Hall–Kier alpha value is -4.11. The fourth-order valence-corrected chi connectivity index (χ4v) is 3.03. The molecule has 0 radical (unpaired) electrons. The van der Waals surface area contributed by atoms with Crippen molar-refractivity contribution in [2.24, 2.45) is 0 Å². The van der Waals surface area contributed by atoms with Crippen LogP contribution in [0.4, 0.5) is 0 Å². The van der Waals surface area contributed by atoms with Crippen LogP contribution < -0.4 is 5.49 Å². The number of hydrogen-bond acceptors (Lipinski definition) is 5. The Kier molecular flexibility index (Phi) is 4.48. The lowest BCUT2D eigenvalue weighted by Gasteiger charge is -2.10. The molecular formula is C22H16N6. The van der Waals surface area contributed by atoms with Crippen molar-refractivity contribution in [2.75, 3.05) is 0 Å². The normalized spacial score (nSPS) is 10.5. The van der Waals surface area contributed by atoms with Crippen molar-refractivity contribution in [3.63, 3.8) is 0 Å². The number of nitrogens with zero attached hydrogens (tertiary/aromatic N) is 4. The van der Waals surface area contributed by atoms with Gasteiger partial charge in [0.25, 0.3) is 0 Å². The minimum absolute atomic E-state index is 0.132. The fourth-order valence-electron chi connectivity index (χ4n) is 3.03. The van der Waals surface area contributed by atoms with Crippen LogP contribution in [0.25, 0.3) is 22.2 Å². The third kappa shape index (κ3) is 3.41. The lowest BCUT2D eigenvalue weighted by atomic mass is 10.1. The van der Waals surface area contributed by atoms with Crippen LogP contribution >= 0.6 is 0 Å². The van der Waals surface area contributed by atoms with Gasteiger partial charge >= 0.3 is 0 Å². The summed E-state index contributed by atoms with van der Waals surface area (Å²) in [6, 6.07) is 22.3. The van der Waals surface area contributed by atoms with Crippen molar-refractivity contribution in [1.29, 1.82) is 16.1 Å². The van der Waals surface area contributed by atoms with Gasteiger partial charge in [-0.3, -0.25) is 15.8 Å². The number of rotatable bonds is 3. The Morgan fingerprint density at radius 1 is 1.04 bits per heavy atom. The number of pyridine rings is 1. The zero-order chi connectivity index (χ0) is 19.5. The SMILES string of the molecule is N#Cc1cccc(-c2ccc(=N)n(C(=N)Cc3ccc4ncccc4c3)n2)c1. The molecule has 2 aromatic carbocycles. The first-order chi connectivity index (χ1) is 13.6. The van der Waals surface area contributed by atoms with Gasteiger partial charge in [-0.25, -0.2) is 4.68 Å². The summed E-state index contributed by atoms with van der Waals surface area (Å²) >= 11 is 0. The smallest absolute Gasteiger partial charge is 0.148 e. The van der Waals surface area contributed by atoms with E-state index in [0.717, 1.165) is 22.0 Å². The second kappa shape index (κ2) is 7.25. The van der Waals surface area contributed by atoms with E-state index in [-0.39, 0.29) is 11.3 Å². The quantitative estimate of drug-likeness (QED) is 0.429. The zero-order valence-corrected chi connectivity index (χ0v) is 14.9. The third-order valence-electron chi connectivity index (χ3n) is 4.42. The Morgan fingerprint density at radius 2 is 1.93 bits per heavy atom. The van der Waals surface area contributed by atoms with Crippen LogP contribution in [0.3, 0.4) is 0 Å². The molecule has 2 heterocycles. The standard InChI is InChI=1S/C22H16N6/c23-14-16-3-1-4-18(12-16)20-8-9-21(24)28(27-20)22(25)13-15-6-7-19-17(11-15)5-2-10-26-19/h1-12,24-25H,13H2. The van der Waals surface area contributed by atoms with Gasteiger partial charge in [0.15, 0.2) is 0 Å². The van der Waals surface area contributed by atoms with Gasteiger partial charge in [0.2, 0.25) is 0 Å². The molecule has 2 N–H and O–H groups in total. The van der Waals surface area contributed by atoms with Gasteiger partial charge in [-0.15, -0.1) is 0 Å². The minimum Gasteiger partial charge on any atom is -0.286 e. The van der Waals surface area contributed by atoms with E-state index >= 15 is 0 Å². The molecule has 6 nitrogen and oxygen atoms in total. The first kappa shape index (κ1) is 17.3. The number of hydrogen-bond donors (Lipinski definition) is 2. The Labute approximate surface area is 161 Å². The topological polar surface area (TPSA) is 102 Å². The zero-order valence-electron chi connectivity index (χ0n) is 14.9. The number of benzene rings is 2. The molecule has 0 aliphatic carbocycles. The molecule has 6 heteroatoms. The van der Waals surface area contributed by atoms with Gasteiger partial charge < -0.3 is 0 Å². The van der Waals surface area contributed by atoms with Crippen molar-refractivity contribution in [1.82, 2.24) is 14.8 Å². The molecule has 0 aliphatic rings. The molecule has 4 aromatic rings. The van der Waals surface area contributed by atoms with Crippen molar-refractivity contribution in [3.05, 3.63) is 89.5 Å². The van der Waals surface area contributed by atoms with Crippen molar-refractivity contribution >= 4 is 16.7 Å². The first-order valence-electron chi connectivity index (χ1n) is 8.71. The van der Waals surface area contributed by atoms with Gasteiger partial charge in [0, 0.05) is 23.6 Å². The van der Waals surface area contributed by atoms with Crippen LogP contribution in [-0.4, -0.2) is 20.6 Å². The molecule has 0 aliphatic heterocycles. The molecule has 0 fully saturated rings. The predicted molar refractivity (Wildman–Crippen MR) is 107 cm³/mol. The van der Waals surface area contributed by atoms with E-state index in [2.05, 4.69) is 16.2 Å². The highest BCUT2D eigenvalue weighted by atomic mass is 15.3. The van der Waals surface area contributed by atoms with Gasteiger partial charge in [-0.05, 0) is 48.0 Å². The molecule has 0 bridgehead atoms. The Balaban J connectivity index is 1.66. The molecule has 0 saturated heterocycles. The second-order valence-electron chi connectivity index (χ2n) is 6.36. The first-order valence-corrected chi connectivity index (χ1v) is 8.71. The molecule has 0 spiro atoms. The summed E-state index contributed by atoms with van der Waals surface area (Å²) in [4.78, 5) is 4.31. The monoisotopic (exact) mass is 364 g/mol. The lowest BCUT2D eigenvalue weighted by Crippen LogP contribution is -2.30. The Morgan fingerprint density at radius 3 is 2.79 bits per heavy atom. The van der Waals surface area contributed by atoms with Crippen LogP contribution in [0.15, 0.2) is 72.9 Å². The molecule has 28 heavy (non-hydrogen) atoms. The highest BCUT2D eigenvalue weighted by molar-refractivity contribution is 5.85. The maximum Gasteiger partial charge on any atom is 0.148 e. The highest BCUT2D eigenvalue weighted by Crippen LogP contribution is 2.17. The molecule has 134 valence electrons. The average Bonchev–Trinajstić information content (AvgIpc) is 2.74. The van der Waals surface area contributed by atoms with Gasteiger partial charge in [-0.2, -0.15) is 10.4 Å². The number of aromatic nitrogens is 3. The molecule has 4 rings (SSSR count). The lowest BCUT2D eigenvalue weighted by molar-refractivity contribution is 0.800. The van der Waals surface area contributed by atoms with Crippen LogP contribution in [0, 0.1) is 22.1 Å². The van der Waals surface area contributed by atoms with E-state index in [1.165, 1.54) is 4.68 Å². The van der Waals surface area contributed by atoms with E-state index < -0.39 is 0 Å². The van der Waals surface area contributed by atoms with Crippen molar-refractivity contribution < 1.29 is 0 Å². The van der Waals surface area contributed by atoms with Crippen LogP contribution in [0.5, 0.6) is 0 Å². The summed E-state index contributed by atoms with van der Waals surface area (Å²) in [5, 5.41) is 31.2. The summed E-state index contributed by atoms with van der Waals surface area (Å²) in [6.07, 6.45) is 2.10. The average molecular weight is 364 g/mol. The summed E-state index contributed by atoms with van der Waals surface area (Å²) in [5.74, 6) is 0.200.